The lowest BCUT2D eigenvalue weighted by atomic mass is 10.9. The molecule has 5 nitrogen and oxygen atoms in total. The van der Waals surface area contributed by atoms with Gasteiger partial charge in [-0.25, -0.2) is 19.3 Å². The van der Waals surface area contributed by atoms with Crippen molar-refractivity contribution >= 4 is 5.78 Å². The molecular weight excluding hydrogens is 120 g/mol. The van der Waals surface area contributed by atoms with Crippen LogP contribution in [0.5, 0.6) is 0 Å². The third-order valence-corrected chi connectivity index (χ3v) is 1.14. The normalized spacial score (nSPS) is 10.7. The fourth-order valence-corrected chi connectivity index (χ4v) is 0.729. The number of imidazole rings is 1. The van der Waals surface area contributed by atoms with Gasteiger partial charge in [0.05, 0.1) is 0 Å². The molecular formula is C4H4N4O. The first kappa shape index (κ1) is 4.37. The number of aromatic amines is 2. The van der Waals surface area contributed by atoms with Gasteiger partial charge in [-0.3, -0.25) is 5.10 Å². The van der Waals surface area contributed by atoms with Gasteiger partial charge in [-0.2, -0.15) is 0 Å². The Hall–Kier alpha value is -1.52. The third-order valence-electron chi connectivity index (χ3n) is 1.14. The molecule has 2 aromatic rings. The summed E-state index contributed by atoms with van der Waals surface area (Å²) >= 11 is 0. The molecule has 9 heavy (non-hydrogen) atoms. The van der Waals surface area contributed by atoms with Crippen molar-refractivity contribution in [1.29, 1.82) is 0 Å². The Morgan fingerprint density at radius 3 is 3.22 bits per heavy atom. The van der Waals surface area contributed by atoms with E-state index in [1.54, 1.807) is 12.4 Å². The highest BCUT2D eigenvalue weighted by Crippen LogP contribution is 1.85. The van der Waals surface area contributed by atoms with Gasteiger partial charge < -0.3 is 0 Å². The van der Waals surface area contributed by atoms with E-state index in [4.69, 9.17) is 0 Å². The van der Waals surface area contributed by atoms with Gasteiger partial charge in [0.25, 0.3) is 0 Å². The molecule has 46 valence electrons. The summed E-state index contributed by atoms with van der Waals surface area (Å²) in [5.41, 5.74) is -0.192. The van der Waals surface area contributed by atoms with Crippen LogP contribution < -0.4 is 5.69 Å². The van der Waals surface area contributed by atoms with E-state index in [2.05, 4.69) is 15.2 Å². The minimum absolute atomic E-state index is 0.192. The van der Waals surface area contributed by atoms with Crippen LogP contribution in [-0.4, -0.2) is 19.6 Å². The fraction of sp³-hybridized carbons (Fsp3) is 0. The lowest BCUT2D eigenvalue weighted by Crippen LogP contribution is -2.06. The highest BCUT2D eigenvalue weighted by atomic mass is 16.1. The smallest absolute Gasteiger partial charge is 0.265 e. The molecule has 2 heterocycles. The molecule has 0 spiro atoms. The van der Waals surface area contributed by atoms with Gasteiger partial charge in [-0.05, 0) is 0 Å². The Morgan fingerprint density at radius 2 is 2.44 bits per heavy atom. The number of H-pyrrole nitrogens is 2. The first-order chi connectivity index (χ1) is 4.38. The maximum Gasteiger partial charge on any atom is 0.347 e. The van der Waals surface area contributed by atoms with Crippen molar-refractivity contribution in [2.75, 3.05) is 0 Å². The second kappa shape index (κ2) is 1.25. The standard InChI is InChI=1S/C4H4N4O/c9-4-7-6-3-5-1-2-8(3)4/h1-2H,(H,5,6)(H,7,9). The van der Waals surface area contributed by atoms with Crippen LogP contribution in [0.1, 0.15) is 0 Å². The summed E-state index contributed by atoms with van der Waals surface area (Å²) in [6.45, 7) is 0. The molecule has 0 radical (unpaired) electrons. The van der Waals surface area contributed by atoms with Gasteiger partial charge in [-0.15, -0.1) is 0 Å². The molecule has 0 aromatic carbocycles. The Kier molecular flexibility index (Phi) is 0.606. The number of hydrogen-bond donors (Lipinski definition) is 2. The van der Waals surface area contributed by atoms with Crippen molar-refractivity contribution in [3.05, 3.63) is 22.9 Å². The zero-order valence-corrected chi connectivity index (χ0v) is 4.46. The molecule has 0 bridgehead atoms. The molecule has 0 aliphatic heterocycles. The van der Waals surface area contributed by atoms with Crippen LogP contribution in [0.2, 0.25) is 0 Å². The van der Waals surface area contributed by atoms with Gasteiger partial charge in [0.1, 0.15) is 0 Å². The zero-order chi connectivity index (χ0) is 6.27. The number of nitrogens with zero attached hydrogens (tertiary/aromatic N) is 2. The van der Waals surface area contributed by atoms with E-state index in [1.807, 2.05) is 0 Å². The summed E-state index contributed by atoms with van der Waals surface area (Å²) in [5.74, 6) is 0.542. The van der Waals surface area contributed by atoms with E-state index in [-0.39, 0.29) is 5.69 Å². The summed E-state index contributed by atoms with van der Waals surface area (Å²) in [6.07, 6.45) is 3.14. The monoisotopic (exact) mass is 124 g/mol. The number of nitrogens with one attached hydrogen (secondary N) is 2. The first-order valence-corrected chi connectivity index (χ1v) is 2.47. The van der Waals surface area contributed by atoms with E-state index < -0.39 is 0 Å². The first-order valence-electron chi connectivity index (χ1n) is 2.47. The minimum Gasteiger partial charge on any atom is -0.265 e. The molecule has 2 aromatic heterocycles. The van der Waals surface area contributed by atoms with Crippen LogP contribution in [0.25, 0.3) is 5.78 Å². The highest BCUT2D eigenvalue weighted by Gasteiger charge is 1.94. The number of fused-ring (bicyclic) bond motifs is 1. The summed E-state index contributed by atoms with van der Waals surface area (Å²) in [6, 6.07) is 0. The zero-order valence-electron chi connectivity index (χ0n) is 4.46. The fourth-order valence-electron chi connectivity index (χ4n) is 0.729. The van der Waals surface area contributed by atoms with Crippen LogP contribution in [0.3, 0.4) is 0 Å². The van der Waals surface area contributed by atoms with Crippen LogP contribution in [0.4, 0.5) is 0 Å². The minimum atomic E-state index is -0.192. The molecule has 0 saturated carbocycles. The van der Waals surface area contributed by atoms with E-state index in [0.717, 1.165) is 0 Å². The van der Waals surface area contributed by atoms with Gasteiger partial charge in [0.2, 0.25) is 5.78 Å². The van der Waals surface area contributed by atoms with E-state index in [1.165, 1.54) is 4.40 Å². The molecule has 0 amide bonds. The Bertz CT molecular complexity index is 367. The van der Waals surface area contributed by atoms with Crippen molar-refractivity contribution < 1.29 is 0 Å². The Balaban J connectivity index is 3.17. The summed E-state index contributed by atoms with van der Waals surface area (Å²) in [4.78, 5) is 14.5. The SMILES string of the molecule is O=c1[nH][nH]c2nccn12. The summed E-state index contributed by atoms with van der Waals surface area (Å²) in [7, 11) is 0. The van der Waals surface area contributed by atoms with Crippen molar-refractivity contribution in [2.24, 2.45) is 0 Å². The number of hydrogen-bond acceptors (Lipinski definition) is 2. The van der Waals surface area contributed by atoms with Gasteiger partial charge in [-0.1, -0.05) is 0 Å². The second-order valence-corrected chi connectivity index (χ2v) is 1.68. The van der Waals surface area contributed by atoms with Crippen molar-refractivity contribution in [3.63, 3.8) is 0 Å². The predicted octanol–water partition coefficient (Wildman–Crippen LogP) is -0.649. The predicted molar refractivity (Wildman–Crippen MR) is 30.2 cm³/mol. The molecule has 0 aliphatic carbocycles. The third kappa shape index (κ3) is 0.426. The van der Waals surface area contributed by atoms with Crippen molar-refractivity contribution in [2.45, 2.75) is 0 Å². The van der Waals surface area contributed by atoms with Crippen LogP contribution in [0.15, 0.2) is 17.2 Å². The van der Waals surface area contributed by atoms with Crippen LogP contribution >= 0.6 is 0 Å². The largest absolute Gasteiger partial charge is 0.347 e. The average molecular weight is 124 g/mol. The van der Waals surface area contributed by atoms with E-state index >= 15 is 0 Å². The maximum absolute atomic E-state index is 10.7. The Morgan fingerprint density at radius 1 is 1.56 bits per heavy atom. The maximum atomic E-state index is 10.7. The van der Waals surface area contributed by atoms with E-state index in [0.29, 0.717) is 5.78 Å². The number of rotatable bonds is 0. The quantitative estimate of drug-likeness (QED) is 0.490. The lowest BCUT2D eigenvalue weighted by Gasteiger charge is -1.69. The highest BCUT2D eigenvalue weighted by molar-refractivity contribution is 5.23. The van der Waals surface area contributed by atoms with Gasteiger partial charge >= 0.3 is 5.69 Å². The Labute approximate surface area is 49.3 Å². The van der Waals surface area contributed by atoms with Gasteiger partial charge in [0.15, 0.2) is 0 Å². The molecule has 5 heteroatoms. The van der Waals surface area contributed by atoms with Crippen LogP contribution in [0, 0.1) is 0 Å². The van der Waals surface area contributed by atoms with E-state index in [9.17, 15) is 4.79 Å². The molecule has 2 N–H and O–H groups in total. The lowest BCUT2D eigenvalue weighted by molar-refractivity contribution is 1.02. The molecule has 0 fully saturated rings. The summed E-state index contributed by atoms with van der Waals surface area (Å²) < 4.78 is 1.39. The van der Waals surface area contributed by atoms with Crippen molar-refractivity contribution in [3.8, 4) is 0 Å². The average Bonchev–Trinajstić information content (AvgIpc) is 2.35. The summed E-state index contributed by atoms with van der Waals surface area (Å²) in [5, 5.41) is 4.96. The molecule has 0 unspecified atom stereocenters. The topological polar surface area (TPSA) is 66.0 Å². The van der Waals surface area contributed by atoms with Gasteiger partial charge in [0, 0.05) is 12.4 Å². The number of aromatic nitrogens is 4. The molecule has 2 rings (SSSR count). The molecule has 0 atom stereocenters. The molecule has 0 saturated heterocycles. The van der Waals surface area contributed by atoms with Crippen LogP contribution in [-0.2, 0) is 0 Å². The second-order valence-electron chi connectivity index (χ2n) is 1.68. The molecule has 0 aliphatic rings. The van der Waals surface area contributed by atoms with Crippen molar-refractivity contribution in [1.82, 2.24) is 19.6 Å².